The molecule has 0 aliphatic carbocycles. The second-order valence-corrected chi connectivity index (χ2v) is 6.69. The molecule has 1 atom stereocenters. The Labute approximate surface area is 157 Å². The van der Waals surface area contributed by atoms with Crippen LogP contribution in [0.2, 0.25) is 0 Å². The smallest absolute Gasteiger partial charge is 0.258 e. The third-order valence-electron chi connectivity index (χ3n) is 3.78. The highest BCUT2D eigenvalue weighted by molar-refractivity contribution is 9.10. The van der Waals surface area contributed by atoms with Gasteiger partial charge in [0.15, 0.2) is 6.61 Å². The molecule has 0 fully saturated rings. The monoisotopic (exact) mass is 406 g/mol. The Morgan fingerprint density at radius 2 is 1.96 bits per heavy atom. The maximum Gasteiger partial charge on any atom is 0.258 e. The number of carbonyl (C=O) groups is 1. The first-order valence-corrected chi connectivity index (χ1v) is 8.75. The van der Waals surface area contributed by atoms with Gasteiger partial charge >= 0.3 is 0 Å². The summed E-state index contributed by atoms with van der Waals surface area (Å²) in [4.78, 5) is 14.2. The molecule has 0 aliphatic rings. The van der Waals surface area contributed by atoms with Gasteiger partial charge in [0, 0.05) is 16.6 Å². The number of hydrogen-bond acceptors (Lipinski definition) is 4. The minimum Gasteiger partial charge on any atom is -0.496 e. The fourth-order valence-corrected chi connectivity index (χ4v) is 2.86. The number of halogens is 1. The van der Waals surface area contributed by atoms with E-state index in [1.165, 1.54) is 0 Å². The van der Waals surface area contributed by atoms with Crippen LogP contribution in [0.5, 0.6) is 11.5 Å². The summed E-state index contributed by atoms with van der Waals surface area (Å²) in [6.07, 6.45) is 0. The van der Waals surface area contributed by atoms with E-state index in [-0.39, 0.29) is 18.6 Å². The van der Waals surface area contributed by atoms with Crippen LogP contribution < -0.4 is 14.8 Å². The highest BCUT2D eigenvalue weighted by Gasteiger charge is 2.19. The summed E-state index contributed by atoms with van der Waals surface area (Å²) in [5, 5.41) is 2.93. The number of nitrogens with one attached hydrogen (secondary N) is 1. The maximum atomic E-state index is 12.1. The molecule has 2 aromatic rings. The van der Waals surface area contributed by atoms with E-state index in [4.69, 9.17) is 9.47 Å². The van der Waals surface area contributed by atoms with Crippen molar-refractivity contribution in [2.75, 3.05) is 34.4 Å². The SMILES string of the molecule is COc1ccccc1[C@H](CNC(=O)COc1cccc(Br)c1)N(C)C. The van der Waals surface area contributed by atoms with Gasteiger partial charge in [-0.05, 0) is 38.4 Å². The molecule has 0 saturated carbocycles. The lowest BCUT2D eigenvalue weighted by Crippen LogP contribution is -2.37. The number of para-hydroxylation sites is 1. The Hall–Kier alpha value is -2.05. The number of methoxy groups -OCH3 is 1. The quantitative estimate of drug-likeness (QED) is 0.730. The number of nitrogens with zero attached hydrogens (tertiary/aromatic N) is 1. The Morgan fingerprint density at radius 1 is 1.20 bits per heavy atom. The largest absolute Gasteiger partial charge is 0.496 e. The van der Waals surface area contributed by atoms with Crippen molar-refractivity contribution in [3.8, 4) is 11.5 Å². The van der Waals surface area contributed by atoms with Crippen LogP contribution in [0.3, 0.4) is 0 Å². The Balaban J connectivity index is 1.93. The summed E-state index contributed by atoms with van der Waals surface area (Å²) < 4.78 is 11.9. The van der Waals surface area contributed by atoms with Crippen LogP contribution in [-0.2, 0) is 4.79 Å². The van der Waals surface area contributed by atoms with Gasteiger partial charge < -0.3 is 19.7 Å². The van der Waals surface area contributed by atoms with Crippen molar-refractivity contribution >= 4 is 21.8 Å². The van der Waals surface area contributed by atoms with Crippen molar-refractivity contribution in [2.45, 2.75) is 6.04 Å². The van der Waals surface area contributed by atoms with Crippen LogP contribution in [0.15, 0.2) is 53.0 Å². The number of amides is 1. The van der Waals surface area contributed by atoms with Gasteiger partial charge in [0.1, 0.15) is 11.5 Å². The average Bonchev–Trinajstić information content (AvgIpc) is 2.60. The van der Waals surface area contributed by atoms with Gasteiger partial charge in [-0.25, -0.2) is 0 Å². The second kappa shape index (κ2) is 9.44. The van der Waals surface area contributed by atoms with E-state index in [0.717, 1.165) is 15.8 Å². The van der Waals surface area contributed by atoms with Crippen LogP contribution in [0, 0.1) is 0 Å². The summed E-state index contributed by atoms with van der Waals surface area (Å²) in [5.41, 5.74) is 1.03. The molecule has 1 N–H and O–H groups in total. The molecule has 0 spiro atoms. The number of ether oxygens (including phenoxy) is 2. The zero-order chi connectivity index (χ0) is 18.2. The Morgan fingerprint density at radius 3 is 2.64 bits per heavy atom. The molecular formula is C19H23BrN2O3. The average molecular weight is 407 g/mol. The molecule has 2 rings (SSSR count). The van der Waals surface area contributed by atoms with E-state index in [2.05, 4.69) is 21.2 Å². The summed E-state index contributed by atoms with van der Waals surface area (Å²) in [5.74, 6) is 1.29. The van der Waals surface area contributed by atoms with Gasteiger partial charge in [-0.15, -0.1) is 0 Å². The minimum absolute atomic E-state index is 0.00553. The molecule has 1 amide bonds. The number of benzene rings is 2. The van der Waals surface area contributed by atoms with Crippen molar-refractivity contribution in [1.29, 1.82) is 0 Å². The van der Waals surface area contributed by atoms with E-state index in [0.29, 0.717) is 12.3 Å². The van der Waals surface area contributed by atoms with Gasteiger partial charge in [-0.1, -0.05) is 40.2 Å². The van der Waals surface area contributed by atoms with Gasteiger partial charge in [0.05, 0.1) is 13.2 Å². The van der Waals surface area contributed by atoms with E-state index < -0.39 is 0 Å². The predicted octanol–water partition coefficient (Wildman–Crippen LogP) is 3.26. The first-order valence-electron chi connectivity index (χ1n) is 7.95. The van der Waals surface area contributed by atoms with Gasteiger partial charge in [0.25, 0.3) is 5.91 Å². The Bertz CT molecular complexity index is 707. The first kappa shape index (κ1) is 19.3. The first-order chi connectivity index (χ1) is 12.0. The molecule has 134 valence electrons. The fraction of sp³-hybridized carbons (Fsp3) is 0.316. The molecule has 0 radical (unpaired) electrons. The maximum absolute atomic E-state index is 12.1. The molecule has 2 aromatic carbocycles. The highest BCUT2D eigenvalue weighted by atomic mass is 79.9. The molecular weight excluding hydrogens is 384 g/mol. The second-order valence-electron chi connectivity index (χ2n) is 5.77. The zero-order valence-corrected chi connectivity index (χ0v) is 16.2. The molecule has 5 nitrogen and oxygen atoms in total. The van der Waals surface area contributed by atoms with Crippen LogP contribution in [-0.4, -0.2) is 45.2 Å². The molecule has 0 unspecified atom stereocenters. The van der Waals surface area contributed by atoms with Crippen LogP contribution in [0.25, 0.3) is 0 Å². The third-order valence-corrected chi connectivity index (χ3v) is 4.27. The molecule has 25 heavy (non-hydrogen) atoms. The van der Waals surface area contributed by atoms with Crippen molar-refractivity contribution in [2.24, 2.45) is 0 Å². The fourth-order valence-electron chi connectivity index (χ4n) is 2.48. The van der Waals surface area contributed by atoms with Crippen molar-refractivity contribution in [3.05, 3.63) is 58.6 Å². The lowest BCUT2D eigenvalue weighted by molar-refractivity contribution is -0.123. The van der Waals surface area contributed by atoms with Crippen molar-refractivity contribution < 1.29 is 14.3 Å². The lowest BCUT2D eigenvalue weighted by atomic mass is 10.0. The number of rotatable bonds is 8. The molecule has 0 saturated heterocycles. The van der Waals surface area contributed by atoms with E-state index >= 15 is 0 Å². The topological polar surface area (TPSA) is 50.8 Å². The molecule has 0 aromatic heterocycles. The van der Waals surface area contributed by atoms with Crippen molar-refractivity contribution in [3.63, 3.8) is 0 Å². The van der Waals surface area contributed by atoms with E-state index in [1.54, 1.807) is 7.11 Å². The van der Waals surface area contributed by atoms with E-state index in [9.17, 15) is 4.79 Å². The molecule has 0 aliphatic heterocycles. The lowest BCUT2D eigenvalue weighted by Gasteiger charge is -2.26. The van der Waals surface area contributed by atoms with E-state index in [1.807, 2.05) is 67.5 Å². The summed E-state index contributed by atoms with van der Waals surface area (Å²) in [7, 11) is 5.60. The van der Waals surface area contributed by atoms with Crippen LogP contribution in [0.4, 0.5) is 0 Å². The summed E-state index contributed by atoms with van der Waals surface area (Å²) in [6.45, 7) is 0.441. The normalized spacial score (nSPS) is 11.9. The van der Waals surface area contributed by atoms with Crippen LogP contribution in [0.1, 0.15) is 11.6 Å². The molecule has 0 heterocycles. The van der Waals surface area contributed by atoms with Crippen molar-refractivity contribution in [1.82, 2.24) is 10.2 Å². The van der Waals surface area contributed by atoms with Gasteiger partial charge in [0.2, 0.25) is 0 Å². The number of hydrogen-bond donors (Lipinski definition) is 1. The molecule has 0 bridgehead atoms. The minimum atomic E-state index is -0.165. The highest BCUT2D eigenvalue weighted by Crippen LogP contribution is 2.27. The number of carbonyl (C=O) groups excluding carboxylic acids is 1. The van der Waals surface area contributed by atoms with Gasteiger partial charge in [-0.2, -0.15) is 0 Å². The third kappa shape index (κ3) is 5.76. The predicted molar refractivity (Wildman–Crippen MR) is 102 cm³/mol. The number of likely N-dealkylation sites (N-methyl/N-ethyl adjacent to an activating group) is 1. The zero-order valence-electron chi connectivity index (χ0n) is 14.7. The molecule has 6 heteroatoms. The van der Waals surface area contributed by atoms with Gasteiger partial charge in [-0.3, -0.25) is 4.79 Å². The Kier molecular flexibility index (Phi) is 7.28. The summed E-state index contributed by atoms with van der Waals surface area (Å²) >= 11 is 3.38. The van der Waals surface area contributed by atoms with Crippen LogP contribution >= 0.6 is 15.9 Å². The summed E-state index contributed by atoms with van der Waals surface area (Å²) in [6, 6.07) is 15.2. The standard InChI is InChI=1S/C19H23BrN2O3/c1-22(2)17(16-9-4-5-10-18(16)24-3)12-21-19(23)13-25-15-8-6-7-14(20)11-15/h4-11,17H,12-13H2,1-3H3,(H,21,23)/t17-/m0/s1.